The van der Waals surface area contributed by atoms with Crippen molar-refractivity contribution in [2.45, 2.75) is 51.5 Å². The fraction of sp³-hybridized carbons (Fsp3) is 0.625. The quantitative estimate of drug-likeness (QED) is 0.923. The molecule has 0 aromatic carbocycles. The van der Waals surface area contributed by atoms with Crippen molar-refractivity contribution in [2.75, 3.05) is 0 Å². The topological polar surface area (TPSA) is 64.9 Å². The Labute approximate surface area is 129 Å². The number of nitrogens with two attached hydrogens (primary N) is 1. The van der Waals surface area contributed by atoms with Gasteiger partial charge in [-0.2, -0.15) is 4.98 Å². The van der Waals surface area contributed by atoms with E-state index >= 15 is 0 Å². The van der Waals surface area contributed by atoms with Crippen molar-refractivity contribution in [2.24, 2.45) is 17.6 Å². The third-order valence-corrected chi connectivity index (χ3v) is 5.61. The molecule has 2 aromatic rings. The normalized spacial score (nSPS) is 24.4. The summed E-state index contributed by atoms with van der Waals surface area (Å²) in [5.74, 6) is 3.45. The van der Waals surface area contributed by atoms with Gasteiger partial charge in [-0.05, 0) is 49.0 Å². The second kappa shape index (κ2) is 6.28. The van der Waals surface area contributed by atoms with E-state index in [-0.39, 0.29) is 6.04 Å². The fourth-order valence-corrected chi connectivity index (χ4v) is 3.89. The SMILES string of the molecule is CC(C)C1CCC(c2noc(C(N)c3cccs3)n2)CC1. The third kappa shape index (κ3) is 3.19. The van der Waals surface area contributed by atoms with Gasteiger partial charge in [0.25, 0.3) is 0 Å². The average Bonchev–Trinajstić information content (AvgIpc) is 3.18. The molecule has 2 N–H and O–H groups in total. The van der Waals surface area contributed by atoms with E-state index in [0.29, 0.717) is 11.8 Å². The van der Waals surface area contributed by atoms with Gasteiger partial charge >= 0.3 is 0 Å². The molecule has 0 saturated heterocycles. The zero-order valence-electron chi connectivity index (χ0n) is 12.7. The third-order valence-electron chi connectivity index (χ3n) is 4.65. The van der Waals surface area contributed by atoms with Gasteiger partial charge in [-0.1, -0.05) is 25.1 Å². The molecule has 1 atom stereocenters. The van der Waals surface area contributed by atoms with Crippen LogP contribution in [0.3, 0.4) is 0 Å². The van der Waals surface area contributed by atoms with Gasteiger partial charge in [0.05, 0.1) is 0 Å². The lowest BCUT2D eigenvalue weighted by molar-refractivity contribution is 0.251. The number of aromatic nitrogens is 2. The summed E-state index contributed by atoms with van der Waals surface area (Å²) >= 11 is 1.62. The standard InChI is InChI=1S/C16H23N3OS/c1-10(2)11-5-7-12(8-6-11)15-18-16(20-19-15)14(17)13-4-3-9-21-13/h3-4,9-12,14H,5-8,17H2,1-2H3. The van der Waals surface area contributed by atoms with Crippen molar-refractivity contribution in [3.63, 3.8) is 0 Å². The molecule has 3 rings (SSSR count). The maximum atomic E-state index is 6.18. The highest BCUT2D eigenvalue weighted by Crippen LogP contribution is 2.38. The van der Waals surface area contributed by atoms with Crippen LogP contribution < -0.4 is 5.73 Å². The molecule has 0 spiro atoms. The summed E-state index contributed by atoms with van der Waals surface area (Å²) < 4.78 is 5.40. The molecule has 5 heteroatoms. The Morgan fingerprint density at radius 3 is 2.67 bits per heavy atom. The molecule has 0 aliphatic heterocycles. The molecule has 114 valence electrons. The Morgan fingerprint density at radius 2 is 2.05 bits per heavy atom. The lowest BCUT2D eigenvalue weighted by Gasteiger charge is -2.29. The van der Waals surface area contributed by atoms with Crippen LogP contribution in [0, 0.1) is 11.8 Å². The largest absolute Gasteiger partial charge is 0.337 e. The molecule has 0 radical (unpaired) electrons. The Hall–Kier alpha value is -1.20. The monoisotopic (exact) mass is 305 g/mol. The van der Waals surface area contributed by atoms with Gasteiger partial charge in [-0.3, -0.25) is 0 Å². The maximum Gasteiger partial charge on any atom is 0.248 e. The Morgan fingerprint density at radius 1 is 1.29 bits per heavy atom. The Bertz CT molecular complexity index is 556. The molecule has 0 amide bonds. The zero-order chi connectivity index (χ0) is 14.8. The molecule has 2 aromatic heterocycles. The molecule has 4 nitrogen and oxygen atoms in total. The molecule has 0 bridgehead atoms. The summed E-state index contributed by atoms with van der Waals surface area (Å²) in [5.41, 5.74) is 6.18. The van der Waals surface area contributed by atoms with Crippen molar-refractivity contribution in [1.29, 1.82) is 0 Å². The summed E-state index contributed by atoms with van der Waals surface area (Å²) in [4.78, 5) is 5.63. The van der Waals surface area contributed by atoms with E-state index in [1.165, 1.54) is 12.8 Å². The molecule has 1 unspecified atom stereocenters. The van der Waals surface area contributed by atoms with E-state index in [2.05, 4.69) is 24.0 Å². The highest BCUT2D eigenvalue weighted by atomic mass is 32.1. The summed E-state index contributed by atoms with van der Waals surface area (Å²) in [5, 5.41) is 6.19. The summed E-state index contributed by atoms with van der Waals surface area (Å²) in [6, 6.07) is 3.70. The predicted octanol–water partition coefficient (Wildman–Crippen LogP) is 4.11. The van der Waals surface area contributed by atoms with Gasteiger partial charge in [-0.25, -0.2) is 0 Å². The summed E-state index contributed by atoms with van der Waals surface area (Å²) in [6.07, 6.45) is 4.86. The molecule has 1 fully saturated rings. The zero-order valence-corrected chi connectivity index (χ0v) is 13.5. The van der Waals surface area contributed by atoms with E-state index in [1.54, 1.807) is 11.3 Å². The Balaban J connectivity index is 1.66. The number of rotatable bonds is 4. The number of hydrogen-bond donors (Lipinski definition) is 1. The minimum absolute atomic E-state index is 0.293. The van der Waals surface area contributed by atoms with Crippen molar-refractivity contribution in [3.8, 4) is 0 Å². The van der Waals surface area contributed by atoms with Gasteiger partial charge in [0, 0.05) is 10.8 Å². The molecule has 1 aliphatic carbocycles. The lowest BCUT2D eigenvalue weighted by atomic mass is 9.77. The number of nitrogens with zero attached hydrogens (tertiary/aromatic N) is 2. The van der Waals surface area contributed by atoms with Crippen LogP contribution in [0.2, 0.25) is 0 Å². The Kier molecular flexibility index (Phi) is 4.40. The van der Waals surface area contributed by atoms with Crippen LogP contribution in [0.15, 0.2) is 22.0 Å². The van der Waals surface area contributed by atoms with Crippen molar-refractivity contribution >= 4 is 11.3 Å². The predicted molar refractivity (Wildman–Crippen MR) is 84.2 cm³/mol. The molecule has 1 aliphatic rings. The van der Waals surface area contributed by atoms with Crippen LogP contribution >= 0.6 is 11.3 Å². The smallest absolute Gasteiger partial charge is 0.248 e. The van der Waals surface area contributed by atoms with Gasteiger partial charge in [0.15, 0.2) is 5.82 Å². The highest BCUT2D eigenvalue weighted by Gasteiger charge is 2.28. The van der Waals surface area contributed by atoms with Crippen LogP contribution in [0.1, 0.15) is 68.1 Å². The maximum absolute atomic E-state index is 6.18. The summed E-state index contributed by atoms with van der Waals surface area (Å²) in [7, 11) is 0. The first-order valence-electron chi connectivity index (χ1n) is 7.77. The van der Waals surface area contributed by atoms with Gasteiger partial charge in [0.2, 0.25) is 5.89 Å². The minimum atomic E-state index is -0.293. The van der Waals surface area contributed by atoms with Crippen LogP contribution in [0.25, 0.3) is 0 Å². The van der Waals surface area contributed by atoms with Gasteiger partial charge in [-0.15, -0.1) is 11.3 Å². The molecular formula is C16H23N3OS. The number of thiophene rings is 1. The minimum Gasteiger partial charge on any atom is -0.337 e. The van der Waals surface area contributed by atoms with Crippen LogP contribution in [0.4, 0.5) is 0 Å². The molecule has 2 heterocycles. The summed E-state index contributed by atoms with van der Waals surface area (Å²) in [6.45, 7) is 4.63. The van der Waals surface area contributed by atoms with E-state index in [0.717, 1.165) is 35.4 Å². The van der Waals surface area contributed by atoms with Gasteiger partial charge < -0.3 is 10.3 Å². The van der Waals surface area contributed by atoms with E-state index in [9.17, 15) is 0 Å². The molecule has 21 heavy (non-hydrogen) atoms. The van der Waals surface area contributed by atoms with Crippen molar-refractivity contribution < 1.29 is 4.52 Å². The first-order chi connectivity index (χ1) is 10.1. The molecule has 1 saturated carbocycles. The van der Waals surface area contributed by atoms with Crippen LogP contribution in [0.5, 0.6) is 0 Å². The van der Waals surface area contributed by atoms with E-state index in [1.807, 2.05) is 17.5 Å². The van der Waals surface area contributed by atoms with E-state index < -0.39 is 0 Å². The van der Waals surface area contributed by atoms with E-state index in [4.69, 9.17) is 10.3 Å². The average molecular weight is 305 g/mol. The van der Waals surface area contributed by atoms with Gasteiger partial charge in [0.1, 0.15) is 6.04 Å². The van der Waals surface area contributed by atoms with Crippen molar-refractivity contribution in [3.05, 3.63) is 34.1 Å². The fourth-order valence-electron chi connectivity index (χ4n) is 3.17. The van der Waals surface area contributed by atoms with Crippen molar-refractivity contribution in [1.82, 2.24) is 10.1 Å². The van der Waals surface area contributed by atoms with Crippen LogP contribution in [-0.4, -0.2) is 10.1 Å². The van der Waals surface area contributed by atoms with Crippen LogP contribution in [-0.2, 0) is 0 Å². The molecular weight excluding hydrogens is 282 g/mol. The first-order valence-corrected chi connectivity index (χ1v) is 8.65. The first kappa shape index (κ1) is 14.7. The number of hydrogen-bond acceptors (Lipinski definition) is 5. The second-order valence-corrected chi connectivity index (χ2v) is 7.32. The second-order valence-electron chi connectivity index (χ2n) is 6.34. The highest BCUT2D eigenvalue weighted by molar-refractivity contribution is 7.10. The lowest BCUT2D eigenvalue weighted by Crippen LogP contribution is -2.18.